The number of hydrogen-bond donors (Lipinski definition) is 0. The number of hydrogen-bond acceptors (Lipinski definition) is 5. The predicted molar refractivity (Wildman–Crippen MR) is 107 cm³/mol. The lowest BCUT2D eigenvalue weighted by Crippen LogP contribution is -2.53. The molecule has 6 nitrogen and oxygen atoms in total. The largest absolute Gasteiger partial charge is 0.298 e. The van der Waals surface area contributed by atoms with Crippen molar-refractivity contribution in [3.8, 4) is 0 Å². The Hall–Kier alpha value is -2.60. The van der Waals surface area contributed by atoms with Crippen molar-refractivity contribution in [2.24, 2.45) is 5.92 Å². The van der Waals surface area contributed by atoms with E-state index >= 15 is 0 Å². The van der Waals surface area contributed by atoms with Gasteiger partial charge in [-0.05, 0) is 61.9 Å². The molecule has 1 aromatic carbocycles. The third kappa shape index (κ3) is 4.28. The first-order valence-electron chi connectivity index (χ1n) is 10.2. The van der Waals surface area contributed by atoms with Gasteiger partial charge in [-0.1, -0.05) is 19.3 Å². The zero-order valence-corrected chi connectivity index (χ0v) is 16.0. The van der Waals surface area contributed by atoms with Crippen LogP contribution in [0.2, 0.25) is 0 Å². The number of aromatic nitrogens is 2. The number of carbonyl (C=O) groups is 2. The van der Waals surface area contributed by atoms with E-state index in [4.69, 9.17) is 0 Å². The zero-order chi connectivity index (χ0) is 19.3. The van der Waals surface area contributed by atoms with Crippen LogP contribution >= 0.6 is 0 Å². The number of rotatable bonds is 7. The van der Waals surface area contributed by atoms with E-state index in [0.717, 1.165) is 31.4 Å². The van der Waals surface area contributed by atoms with E-state index in [-0.39, 0.29) is 5.91 Å². The number of nitrogens with zero attached hydrogens (tertiary/aromatic N) is 4. The predicted octanol–water partition coefficient (Wildman–Crippen LogP) is 3.90. The maximum atomic E-state index is 13.5. The number of benzene rings is 1. The summed E-state index contributed by atoms with van der Waals surface area (Å²) in [5.74, 6) is 0.504. The second kappa shape index (κ2) is 8.61. The molecule has 0 bridgehead atoms. The highest BCUT2D eigenvalue weighted by molar-refractivity contribution is 6.04. The van der Waals surface area contributed by atoms with Gasteiger partial charge in [0.1, 0.15) is 18.3 Å². The maximum Gasteiger partial charge on any atom is 0.291 e. The summed E-state index contributed by atoms with van der Waals surface area (Å²) in [6.07, 6.45) is 12.2. The van der Waals surface area contributed by atoms with Crippen LogP contribution in [-0.2, 0) is 0 Å². The van der Waals surface area contributed by atoms with E-state index in [1.54, 1.807) is 29.4 Å². The van der Waals surface area contributed by atoms with Gasteiger partial charge in [0.05, 0.1) is 5.69 Å². The molecular formula is C22H26N4O2. The molecule has 0 aliphatic heterocycles. The SMILES string of the molecule is O=Cc1ccc(N(C(=O)c2ccncn2)N(CC2CC2)C2CCCCC2)cc1. The molecule has 0 N–H and O–H groups in total. The van der Waals surface area contributed by atoms with Crippen molar-refractivity contribution >= 4 is 17.9 Å². The van der Waals surface area contributed by atoms with E-state index in [0.29, 0.717) is 23.2 Å². The van der Waals surface area contributed by atoms with Crippen LogP contribution < -0.4 is 5.01 Å². The Labute approximate surface area is 165 Å². The van der Waals surface area contributed by atoms with E-state index in [9.17, 15) is 9.59 Å². The Bertz CT molecular complexity index is 799. The molecule has 146 valence electrons. The van der Waals surface area contributed by atoms with Crippen LogP contribution in [0.3, 0.4) is 0 Å². The summed E-state index contributed by atoms with van der Waals surface area (Å²) >= 11 is 0. The molecule has 2 aromatic rings. The maximum absolute atomic E-state index is 13.5. The topological polar surface area (TPSA) is 66.4 Å². The Morgan fingerprint density at radius 2 is 1.79 bits per heavy atom. The summed E-state index contributed by atoms with van der Waals surface area (Å²) in [4.78, 5) is 32.7. The molecule has 1 heterocycles. The molecule has 28 heavy (non-hydrogen) atoms. The van der Waals surface area contributed by atoms with Crippen LogP contribution in [0.1, 0.15) is 65.8 Å². The highest BCUT2D eigenvalue weighted by Gasteiger charge is 2.36. The quantitative estimate of drug-likeness (QED) is 0.540. The highest BCUT2D eigenvalue weighted by Crippen LogP contribution is 2.35. The van der Waals surface area contributed by atoms with Crippen LogP contribution in [0.25, 0.3) is 0 Å². The minimum Gasteiger partial charge on any atom is -0.298 e. The summed E-state index contributed by atoms with van der Waals surface area (Å²) in [5.41, 5.74) is 1.76. The molecule has 6 heteroatoms. The van der Waals surface area contributed by atoms with Crippen LogP contribution in [0.5, 0.6) is 0 Å². The van der Waals surface area contributed by atoms with E-state index in [1.165, 1.54) is 38.4 Å². The Balaban J connectivity index is 1.72. The van der Waals surface area contributed by atoms with Gasteiger partial charge in [0.2, 0.25) is 0 Å². The van der Waals surface area contributed by atoms with Gasteiger partial charge in [-0.3, -0.25) is 9.59 Å². The Morgan fingerprint density at radius 1 is 1.04 bits per heavy atom. The fourth-order valence-corrected chi connectivity index (χ4v) is 3.94. The molecule has 2 aliphatic carbocycles. The molecule has 1 aromatic heterocycles. The number of hydrazine groups is 1. The molecule has 2 fully saturated rings. The molecule has 2 saturated carbocycles. The minimum absolute atomic E-state index is 0.146. The summed E-state index contributed by atoms with van der Waals surface area (Å²) in [7, 11) is 0. The molecule has 4 rings (SSSR count). The lowest BCUT2D eigenvalue weighted by molar-refractivity contribution is 0.0777. The van der Waals surface area contributed by atoms with Gasteiger partial charge >= 0.3 is 0 Å². The van der Waals surface area contributed by atoms with Crippen molar-refractivity contribution in [2.45, 2.75) is 51.0 Å². The van der Waals surface area contributed by atoms with Crippen LogP contribution in [0, 0.1) is 5.92 Å². The zero-order valence-electron chi connectivity index (χ0n) is 16.0. The van der Waals surface area contributed by atoms with E-state index in [1.807, 2.05) is 12.1 Å². The van der Waals surface area contributed by atoms with Gasteiger partial charge < -0.3 is 0 Å². The van der Waals surface area contributed by atoms with Crippen molar-refractivity contribution in [3.63, 3.8) is 0 Å². The third-order valence-electron chi connectivity index (χ3n) is 5.66. The van der Waals surface area contributed by atoms with Gasteiger partial charge in [-0.2, -0.15) is 0 Å². The summed E-state index contributed by atoms with van der Waals surface area (Å²) in [6.45, 7) is 0.886. The second-order valence-electron chi connectivity index (χ2n) is 7.78. The van der Waals surface area contributed by atoms with Crippen molar-refractivity contribution in [2.75, 3.05) is 11.6 Å². The van der Waals surface area contributed by atoms with Crippen molar-refractivity contribution in [1.29, 1.82) is 0 Å². The van der Waals surface area contributed by atoms with Crippen molar-refractivity contribution < 1.29 is 9.59 Å². The first-order chi connectivity index (χ1) is 13.8. The van der Waals surface area contributed by atoms with Gasteiger partial charge in [-0.15, -0.1) is 0 Å². The normalized spacial score (nSPS) is 17.5. The Morgan fingerprint density at radius 3 is 2.39 bits per heavy atom. The monoisotopic (exact) mass is 378 g/mol. The molecule has 0 spiro atoms. The van der Waals surface area contributed by atoms with Gasteiger partial charge in [-0.25, -0.2) is 20.0 Å². The average Bonchev–Trinajstić information content (AvgIpc) is 3.59. The highest BCUT2D eigenvalue weighted by atomic mass is 16.2. The minimum atomic E-state index is -0.146. The molecule has 0 saturated heterocycles. The lowest BCUT2D eigenvalue weighted by Gasteiger charge is -2.42. The summed E-state index contributed by atoms with van der Waals surface area (Å²) in [5, 5.41) is 4.07. The third-order valence-corrected chi connectivity index (χ3v) is 5.66. The van der Waals surface area contributed by atoms with E-state index < -0.39 is 0 Å². The number of amides is 1. The van der Waals surface area contributed by atoms with Crippen LogP contribution in [-0.4, -0.2) is 39.8 Å². The molecule has 1 amide bonds. The first kappa shape index (κ1) is 18.7. The number of carbonyl (C=O) groups excluding carboxylic acids is 2. The lowest BCUT2D eigenvalue weighted by atomic mass is 9.94. The van der Waals surface area contributed by atoms with Crippen LogP contribution in [0.4, 0.5) is 5.69 Å². The number of anilines is 1. The number of aldehydes is 1. The average molecular weight is 378 g/mol. The summed E-state index contributed by atoms with van der Waals surface area (Å²) in [6, 6.07) is 9.24. The molecule has 0 atom stereocenters. The van der Waals surface area contributed by atoms with Crippen molar-refractivity contribution in [3.05, 3.63) is 54.1 Å². The van der Waals surface area contributed by atoms with Gasteiger partial charge in [0, 0.05) is 24.3 Å². The first-order valence-corrected chi connectivity index (χ1v) is 10.2. The fraction of sp³-hybridized carbons (Fsp3) is 0.455. The molecule has 2 aliphatic rings. The summed E-state index contributed by atoms with van der Waals surface area (Å²) < 4.78 is 0. The molecular weight excluding hydrogens is 352 g/mol. The molecule has 0 unspecified atom stereocenters. The van der Waals surface area contributed by atoms with Crippen LogP contribution in [0.15, 0.2) is 42.9 Å². The van der Waals surface area contributed by atoms with Crippen molar-refractivity contribution in [1.82, 2.24) is 15.0 Å². The smallest absolute Gasteiger partial charge is 0.291 e. The Kier molecular flexibility index (Phi) is 5.76. The molecule has 0 radical (unpaired) electrons. The van der Waals surface area contributed by atoms with E-state index in [2.05, 4.69) is 15.0 Å². The fourth-order valence-electron chi connectivity index (χ4n) is 3.94. The second-order valence-corrected chi connectivity index (χ2v) is 7.78. The standard InChI is InChI=1S/C22H26N4O2/c27-15-18-8-10-20(11-9-18)26(22(28)21-12-13-23-16-24-21)25(14-17-6-7-17)19-4-2-1-3-5-19/h8-13,15-17,19H,1-7,14H2. The van der Waals surface area contributed by atoms with Gasteiger partial charge in [0.25, 0.3) is 5.91 Å². The van der Waals surface area contributed by atoms with Gasteiger partial charge in [0.15, 0.2) is 0 Å².